The molecule has 5 nitrogen and oxygen atoms in total. The normalized spacial score (nSPS) is 12.6. The van der Waals surface area contributed by atoms with Crippen molar-refractivity contribution in [1.82, 2.24) is 10.2 Å². The maximum atomic E-state index is 11.0. The molecule has 0 bridgehead atoms. The molecule has 1 aromatic heterocycles. The summed E-state index contributed by atoms with van der Waals surface area (Å²) in [6.07, 6.45) is 4.50. The SMILES string of the molecule is CCC(CC)(c1ccc(CCC(O)C(C)(C)C)c(C)c1)c1ccc(-c2cc(CC(=O)[O-])cnn2)c(C)c1.[Na+]. The third-order valence-corrected chi connectivity index (χ3v) is 7.90. The first kappa shape index (κ1) is 32.2. The van der Waals surface area contributed by atoms with E-state index in [0.717, 1.165) is 36.8 Å². The number of carbonyl (C=O) groups excluding carboxylic acids is 1. The minimum atomic E-state index is -1.13. The predicted molar refractivity (Wildman–Crippen MR) is 147 cm³/mol. The Kier molecular flexibility index (Phi) is 11.3. The molecule has 0 aliphatic heterocycles. The number of carboxylic acids is 1. The van der Waals surface area contributed by atoms with E-state index < -0.39 is 5.97 Å². The van der Waals surface area contributed by atoms with Crippen LogP contribution in [-0.2, 0) is 23.1 Å². The summed E-state index contributed by atoms with van der Waals surface area (Å²) < 4.78 is 0. The second-order valence-corrected chi connectivity index (χ2v) is 11.4. The second kappa shape index (κ2) is 13.3. The van der Waals surface area contributed by atoms with Crippen LogP contribution >= 0.6 is 0 Å². The van der Waals surface area contributed by atoms with E-state index >= 15 is 0 Å². The molecular formula is C32H41N2NaO3. The third kappa shape index (κ3) is 7.32. The maximum absolute atomic E-state index is 11.0. The van der Waals surface area contributed by atoms with Crippen molar-refractivity contribution in [3.05, 3.63) is 82.0 Å². The average Bonchev–Trinajstić information content (AvgIpc) is 2.83. The topological polar surface area (TPSA) is 86.1 Å². The summed E-state index contributed by atoms with van der Waals surface area (Å²) in [5, 5.41) is 29.8. The van der Waals surface area contributed by atoms with Gasteiger partial charge in [-0.1, -0.05) is 71.0 Å². The Hall–Kier alpha value is -2.05. The van der Waals surface area contributed by atoms with Crippen LogP contribution in [-0.4, -0.2) is 27.4 Å². The van der Waals surface area contributed by atoms with E-state index in [1.807, 2.05) is 0 Å². The van der Waals surface area contributed by atoms with Crippen LogP contribution in [0, 0.1) is 19.3 Å². The number of nitrogens with zero attached hydrogens (tertiary/aromatic N) is 2. The number of carboxylic acid groups (broad SMARTS) is 1. The maximum Gasteiger partial charge on any atom is 1.00 e. The number of hydrogen-bond donors (Lipinski definition) is 1. The van der Waals surface area contributed by atoms with Crippen molar-refractivity contribution < 1.29 is 44.6 Å². The first-order valence-corrected chi connectivity index (χ1v) is 13.3. The fourth-order valence-electron chi connectivity index (χ4n) is 5.28. The largest absolute Gasteiger partial charge is 1.00 e. The van der Waals surface area contributed by atoms with Gasteiger partial charge in [-0.2, -0.15) is 10.2 Å². The molecule has 0 saturated carbocycles. The van der Waals surface area contributed by atoms with Gasteiger partial charge in [-0.3, -0.25) is 0 Å². The van der Waals surface area contributed by atoms with Crippen LogP contribution in [0.5, 0.6) is 0 Å². The molecule has 1 unspecified atom stereocenters. The van der Waals surface area contributed by atoms with Crippen molar-refractivity contribution in [1.29, 1.82) is 0 Å². The summed E-state index contributed by atoms with van der Waals surface area (Å²) in [5.41, 5.74) is 8.14. The zero-order valence-corrected chi connectivity index (χ0v) is 26.4. The van der Waals surface area contributed by atoms with Gasteiger partial charge in [-0.15, -0.1) is 0 Å². The molecule has 1 N–H and O–H groups in total. The quantitative estimate of drug-likeness (QED) is 0.412. The van der Waals surface area contributed by atoms with Crippen LogP contribution in [0.3, 0.4) is 0 Å². The molecule has 38 heavy (non-hydrogen) atoms. The first-order chi connectivity index (χ1) is 17.4. The first-order valence-electron chi connectivity index (χ1n) is 13.3. The van der Waals surface area contributed by atoms with E-state index in [1.165, 1.54) is 28.5 Å². The molecule has 0 fully saturated rings. The van der Waals surface area contributed by atoms with Gasteiger partial charge < -0.3 is 15.0 Å². The Bertz CT molecular complexity index is 1250. The second-order valence-electron chi connectivity index (χ2n) is 11.4. The third-order valence-electron chi connectivity index (χ3n) is 7.90. The number of carbonyl (C=O) groups is 1. The van der Waals surface area contributed by atoms with Gasteiger partial charge in [0.2, 0.25) is 0 Å². The van der Waals surface area contributed by atoms with Crippen LogP contribution in [0.15, 0.2) is 48.7 Å². The predicted octanol–water partition coefficient (Wildman–Crippen LogP) is 2.50. The summed E-state index contributed by atoms with van der Waals surface area (Å²) in [6, 6.07) is 15.1. The number of aliphatic hydroxyl groups excluding tert-OH is 1. The molecule has 0 saturated heterocycles. The molecule has 0 spiro atoms. The number of aryl methyl sites for hydroxylation is 3. The van der Waals surface area contributed by atoms with E-state index in [-0.39, 0.29) is 52.9 Å². The standard InChI is InChI=1S/C32H42N2O3.Na/c1-8-32(9-2,25-12-10-24(21(3)16-25)11-15-29(35)31(5,6)7)26-13-14-27(22(4)17-26)28-18-23(19-30(36)37)20-33-34-28;/h10,12-14,16-18,20,29,35H,8-9,11,15,19H2,1-7H3,(H,36,37);/q;+1/p-1. The van der Waals surface area contributed by atoms with Gasteiger partial charge in [0.05, 0.1) is 18.0 Å². The summed E-state index contributed by atoms with van der Waals surface area (Å²) >= 11 is 0. The van der Waals surface area contributed by atoms with Crippen LogP contribution in [0.1, 0.15) is 87.3 Å². The molecule has 198 valence electrons. The van der Waals surface area contributed by atoms with Gasteiger partial charge in [0.25, 0.3) is 0 Å². The number of aliphatic carboxylic acids is 1. The summed E-state index contributed by atoms with van der Waals surface area (Å²) in [5.74, 6) is -1.13. The van der Waals surface area contributed by atoms with Crippen molar-refractivity contribution in [3.8, 4) is 11.3 Å². The molecule has 3 rings (SSSR count). The molecule has 1 heterocycles. The van der Waals surface area contributed by atoms with Crippen molar-refractivity contribution in [3.63, 3.8) is 0 Å². The van der Waals surface area contributed by atoms with Crippen molar-refractivity contribution in [2.24, 2.45) is 5.41 Å². The molecule has 1 atom stereocenters. The Labute approximate surface area is 250 Å². The molecule has 0 aliphatic rings. The molecule has 2 aromatic carbocycles. The van der Waals surface area contributed by atoms with E-state index in [9.17, 15) is 15.0 Å². The summed E-state index contributed by atoms with van der Waals surface area (Å²) in [7, 11) is 0. The summed E-state index contributed by atoms with van der Waals surface area (Å²) in [4.78, 5) is 11.0. The molecule has 3 aromatic rings. The Morgan fingerprint density at radius 3 is 2.11 bits per heavy atom. The van der Waals surface area contributed by atoms with Crippen molar-refractivity contribution in [2.75, 3.05) is 0 Å². The minimum absolute atomic E-state index is 0. The smallest absolute Gasteiger partial charge is 0.550 e. The average molecular weight is 525 g/mol. The number of rotatable bonds is 10. The van der Waals surface area contributed by atoms with E-state index in [0.29, 0.717) is 11.3 Å². The van der Waals surface area contributed by atoms with Crippen LogP contribution in [0.4, 0.5) is 0 Å². The minimum Gasteiger partial charge on any atom is -0.550 e. The van der Waals surface area contributed by atoms with Gasteiger partial charge in [-0.25, -0.2) is 0 Å². The molecular weight excluding hydrogens is 483 g/mol. The van der Waals surface area contributed by atoms with Crippen LogP contribution < -0.4 is 34.7 Å². The van der Waals surface area contributed by atoms with Gasteiger partial charge in [-0.05, 0) is 84.4 Å². The molecule has 0 aliphatic carbocycles. The zero-order valence-electron chi connectivity index (χ0n) is 24.4. The van der Waals surface area contributed by atoms with E-state index in [1.54, 1.807) is 6.07 Å². The van der Waals surface area contributed by atoms with E-state index in [4.69, 9.17) is 0 Å². The molecule has 0 amide bonds. The van der Waals surface area contributed by atoms with Gasteiger partial charge >= 0.3 is 29.6 Å². The number of hydrogen-bond acceptors (Lipinski definition) is 5. The fourth-order valence-corrected chi connectivity index (χ4v) is 5.28. The van der Waals surface area contributed by atoms with E-state index in [2.05, 4.69) is 95.1 Å². The number of aliphatic hydroxyl groups is 1. The monoisotopic (exact) mass is 524 g/mol. The Balaban J connectivity index is 0.00000507. The Morgan fingerprint density at radius 2 is 1.58 bits per heavy atom. The summed E-state index contributed by atoms with van der Waals surface area (Å²) in [6.45, 7) is 15.0. The molecule has 0 radical (unpaired) electrons. The number of aromatic nitrogens is 2. The van der Waals surface area contributed by atoms with Crippen molar-refractivity contribution >= 4 is 5.97 Å². The molecule has 6 heteroatoms. The Morgan fingerprint density at radius 1 is 0.974 bits per heavy atom. The zero-order chi connectivity index (χ0) is 27.4. The number of benzene rings is 2. The van der Waals surface area contributed by atoms with Crippen LogP contribution in [0.2, 0.25) is 0 Å². The van der Waals surface area contributed by atoms with Crippen molar-refractivity contribution in [2.45, 2.75) is 92.1 Å². The van der Waals surface area contributed by atoms with Gasteiger partial charge in [0, 0.05) is 23.4 Å². The fraction of sp³-hybridized carbons (Fsp3) is 0.469. The van der Waals surface area contributed by atoms with Crippen LogP contribution in [0.25, 0.3) is 11.3 Å². The van der Waals surface area contributed by atoms with Gasteiger partial charge in [0.1, 0.15) is 0 Å². The van der Waals surface area contributed by atoms with Gasteiger partial charge in [0.15, 0.2) is 0 Å².